The zero-order valence-electron chi connectivity index (χ0n) is 11.1. The fourth-order valence-electron chi connectivity index (χ4n) is 2.55. The number of nitrogens with two attached hydrogens (primary N) is 1. The summed E-state index contributed by atoms with van der Waals surface area (Å²) in [5, 5.41) is 9.15. The summed E-state index contributed by atoms with van der Waals surface area (Å²) in [5.74, 6) is -0.0614. The molecule has 2 rings (SSSR count). The number of methoxy groups -OCH3 is 1. The van der Waals surface area contributed by atoms with Gasteiger partial charge in [0.25, 0.3) is 0 Å². The molecule has 5 heteroatoms. The SMILES string of the molecule is COC(=O)c1c(N)cccc1CN1CCC(CO)C1. The second-order valence-corrected chi connectivity index (χ2v) is 4.95. The Morgan fingerprint density at radius 3 is 3.00 bits per heavy atom. The minimum Gasteiger partial charge on any atom is -0.465 e. The highest BCUT2D eigenvalue weighted by atomic mass is 16.5. The molecule has 0 saturated carbocycles. The van der Waals surface area contributed by atoms with Gasteiger partial charge in [0, 0.05) is 25.4 Å². The number of carbonyl (C=O) groups is 1. The number of ether oxygens (including phenoxy) is 1. The van der Waals surface area contributed by atoms with Crippen molar-refractivity contribution in [1.82, 2.24) is 4.90 Å². The van der Waals surface area contributed by atoms with Crippen molar-refractivity contribution in [3.63, 3.8) is 0 Å². The number of hydrogen-bond donors (Lipinski definition) is 2. The van der Waals surface area contributed by atoms with Crippen LogP contribution in [0.1, 0.15) is 22.3 Å². The summed E-state index contributed by atoms with van der Waals surface area (Å²) in [7, 11) is 1.36. The molecule has 104 valence electrons. The van der Waals surface area contributed by atoms with Crippen LogP contribution in [0.25, 0.3) is 0 Å². The molecule has 1 aliphatic heterocycles. The van der Waals surface area contributed by atoms with Crippen molar-refractivity contribution < 1.29 is 14.6 Å². The van der Waals surface area contributed by atoms with E-state index in [-0.39, 0.29) is 6.61 Å². The van der Waals surface area contributed by atoms with Crippen LogP contribution in [0.15, 0.2) is 18.2 Å². The van der Waals surface area contributed by atoms with Gasteiger partial charge in [-0.25, -0.2) is 4.79 Å². The first-order valence-corrected chi connectivity index (χ1v) is 6.44. The molecule has 0 bridgehead atoms. The zero-order chi connectivity index (χ0) is 13.8. The third kappa shape index (κ3) is 3.05. The van der Waals surface area contributed by atoms with Crippen molar-refractivity contribution in [1.29, 1.82) is 0 Å². The third-order valence-electron chi connectivity index (χ3n) is 3.59. The monoisotopic (exact) mass is 264 g/mol. The van der Waals surface area contributed by atoms with E-state index < -0.39 is 5.97 Å². The smallest absolute Gasteiger partial charge is 0.340 e. The number of likely N-dealkylation sites (tertiary alicyclic amines) is 1. The van der Waals surface area contributed by atoms with Gasteiger partial charge >= 0.3 is 5.97 Å². The molecule has 0 radical (unpaired) electrons. The van der Waals surface area contributed by atoms with Crippen LogP contribution in [0.4, 0.5) is 5.69 Å². The molecule has 0 aliphatic carbocycles. The summed E-state index contributed by atoms with van der Waals surface area (Å²) in [6.45, 7) is 2.66. The fourth-order valence-corrected chi connectivity index (χ4v) is 2.55. The number of aliphatic hydroxyl groups is 1. The largest absolute Gasteiger partial charge is 0.465 e. The Bertz CT molecular complexity index is 462. The average molecular weight is 264 g/mol. The first-order chi connectivity index (χ1) is 9.15. The summed E-state index contributed by atoms with van der Waals surface area (Å²) in [4.78, 5) is 14.0. The van der Waals surface area contributed by atoms with E-state index in [0.717, 1.165) is 25.1 Å². The molecule has 1 aromatic rings. The number of nitrogen functional groups attached to an aromatic ring is 1. The van der Waals surface area contributed by atoms with Crippen molar-refractivity contribution >= 4 is 11.7 Å². The Morgan fingerprint density at radius 1 is 1.58 bits per heavy atom. The molecular weight excluding hydrogens is 244 g/mol. The van der Waals surface area contributed by atoms with Gasteiger partial charge in [0.15, 0.2) is 0 Å². The van der Waals surface area contributed by atoms with Crippen LogP contribution >= 0.6 is 0 Å². The van der Waals surface area contributed by atoms with Gasteiger partial charge in [-0.1, -0.05) is 12.1 Å². The van der Waals surface area contributed by atoms with Crippen molar-refractivity contribution in [3.8, 4) is 0 Å². The highest BCUT2D eigenvalue weighted by molar-refractivity contribution is 5.96. The van der Waals surface area contributed by atoms with Crippen LogP contribution in [0.3, 0.4) is 0 Å². The fraction of sp³-hybridized carbons (Fsp3) is 0.500. The number of anilines is 1. The predicted octanol–water partition coefficient (Wildman–Crippen LogP) is 0.870. The molecule has 0 aromatic heterocycles. The summed E-state index contributed by atoms with van der Waals surface area (Å²) in [5.41, 5.74) is 7.65. The number of esters is 1. The van der Waals surface area contributed by atoms with Gasteiger partial charge in [0.05, 0.1) is 12.7 Å². The van der Waals surface area contributed by atoms with Crippen molar-refractivity contribution in [2.75, 3.05) is 32.5 Å². The molecule has 1 unspecified atom stereocenters. The van der Waals surface area contributed by atoms with E-state index in [2.05, 4.69) is 4.90 Å². The van der Waals surface area contributed by atoms with Crippen LogP contribution < -0.4 is 5.73 Å². The lowest BCUT2D eigenvalue weighted by molar-refractivity contribution is 0.0599. The molecular formula is C14H20N2O3. The first kappa shape index (κ1) is 13.8. The number of rotatable bonds is 4. The van der Waals surface area contributed by atoms with Gasteiger partial charge in [-0.3, -0.25) is 4.90 Å². The van der Waals surface area contributed by atoms with E-state index in [4.69, 9.17) is 15.6 Å². The topological polar surface area (TPSA) is 75.8 Å². The van der Waals surface area contributed by atoms with Gasteiger partial charge < -0.3 is 15.6 Å². The van der Waals surface area contributed by atoms with Gasteiger partial charge in [0.2, 0.25) is 0 Å². The molecule has 5 nitrogen and oxygen atoms in total. The van der Waals surface area contributed by atoms with E-state index in [1.54, 1.807) is 6.07 Å². The minimum atomic E-state index is -0.397. The van der Waals surface area contributed by atoms with Crippen molar-refractivity contribution in [3.05, 3.63) is 29.3 Å². The standard InChI is InChI=1S/C14H20N2O3/c1-19-14(18)13-11(3-2-4-12(13)15)8-16-6-5-10(7-16)9-17/h2-4,10,17H,5-9,15H2,1H3. The first-order valence-electron chi connectivity index (χ1n) is 6.44. The molecule has 1 heterocycles. The van der Waals surface area contributed by atoms with Gasteiger partial charge in [-0.2, -0.15) is 0 Å². The molecule has 1 fully saturated rings. The Hall–Kier alpha value is -1.59. The van der Waals surface area contributed by atoms with Crippen LogP contribution in [-0.2, 0) is 11.3 Å². The molecule has 1 aliphatic rings. The van der Waals surface area contributed by atoms with Crippen molar-refractivity contribution in [2.24, 2.45) is 5.92 Å². The molecule has 1 atom stereocenters. The lowest BCUT2D eigenvalue weighted by Gasteiger charge is -2.18. The highest BCUT2D eigenvalue weighted by Crippen LogP contribution is 2.23. The Kier molecular flexibility index (Phi) is 4.39. The van der Waals surface area contributed by atoms with Gasteiger partial charge in [-0.05, 0) is 30.5 Å². The van der Waals surface area contributed by atoms with Gasteiger partial charge in [-0.15, -0.1) is 0 Å². The molecule has 19 heavy (non-hydrogen) atoms. The molecule has 1 aromatic carbocycles. The Balaban J connectivity index is 2.16. The second kappa shape index (κ2) is 6.04. The van der Waals surface area contributed by atoms with Gasteiger partial charge in [0.1, 0.15) is 0 Å². The lowest BCUT2D eigenvalue weighted by Crippen LogP contribution is -2.23. The molecule has 0 amide bonds. The number of hydrogen-bond acceptors (Lipinski definition) is 5. The number of aliphatic hydroxyl groups excluding tert-OH is 1. The lowest BCUT2D eigenvalue weighted by atomic mass is 10.0. The number of nitrogens with zero attached hydrogens (tertiary/aromatic N) is 1. The van der Waals surface area contributed by atoms with E-state index in [0.29, 0.717) is 23.7 Å². The van der Waals surface area contributed by atoms with E-state index in [9.17, 15) is 4.79 Å². The zero-order valence-corrected chi connectivity index (χ0v) is 11.1. The highest BCUT2D eigenvalue weighted by Gasteiger charge is 2.24. The maximum atomic E-state index is 11.8. The van der Waals surface area contributed by atoms with E-state index >= 15 is 0 Å². The summed E-state index contributed by atoms with van der Waals surface area (Å²) in [6.07, 6.45) is 0.992. The quantitative estimate of drug-likeness (QED) is 0.623. The number of carbonyl (C=O) groups excluding carboxylic acids is 1. The summed E-state index contributed by atoms with van der Waals surface area (Å²) in [6, 6.07) is 5.45. The Labute approximate surface area is 113 Å². The normalized spacial score (nSPS) is 19.6. The van der Waals surface area contributed by atoms with Crippen LogP contribution in [0.5, 0.6) is 0 Å². The van der Waals surface area contributed by atoms with Crippen LogP contribution in [-0.4, -0.2) is 42.8 Å². The predicted molar refractivity (Wildman–Crippen MR) is 72.7 cm³/mol. The maximum absolute atomic E-state index is 11.8. The van der Waals surface area contributed by atoms with Crippen molar-refractivity contribution in [2.45, 2.75) is 13.0 Å². The van der Waals surface area contributed by atoms with Crippen LogP contribution in [0.2, 0.25) is 0 Å². The van der Waals surface area contributed by atoms with E-state index in [1.165, 1.54) is 7.11 Å². The molecule has 3 N–H and O–H groups in total. The minimum absolute atomic E-state index is 0.220. The average Bonchev–Trinajstić information content (AvgIpc) is 2.86. The molecule has 0 spiro atoms. The van der Waals surface area contributed by atoms with Crippen LogP contribution in [0, 0.1) is 5.92 Å². The maximum Gasteiger partial charge on any atom is 0.340 e. The number of benzene rings is 1. The summed E-state index contributed by atoms with van der Waals surface area (Å²) >= 11 is 0. The second-order valence-electron chi connectivity index (χ2n) is 4.95. The summed E-state index contributed by atoms with van der Waals surface area (Å²) < 4.78 is 4.79. The molecule has 1 saturated heterocycles. The Morgan fingerprint density at radius 2 is 2.37 bits per heavy atom. The van der Waals surface area contributed by atoms with E-state index in [1.807, 2.05) is 12.1 Å². The third-order valence-corrected chi connectivity index (χ3v) is 3.59.